The van der Waals surface area contributed by atoms with E-state index in [4.69, 9.17) is 9.47 Å². The molecule has 0 bridgehead atoms. The normalized spacial score (nSPS) is 19.2. The van der Waals surface area contributed by atoms with Crippen LogP contribution < -0.4 is 0 Å². The third kappa shape index (κ3) is 24.7. The summed E-state index contributed by atoms with van der Waals surface area (Å²) >= 11 is 1.53. The first-order chi connectivity index (χ1) is 19.7. The molecule has 0 radical (unpaired) electrons. The van der Waals surface area contributed by atoms with E-state index in [-0.39, 0.29) is 6.10 Å². The zero-order valence-electron chi connectivity index (χ0n) is 26.7. The maximum Gasteiger partial charge on any atom is 0.188 e. The molecule has 1 aliphatic heterocycles. The second-order valence-electron chi connectivity index (χ2n) is 12.2. The van der Waals surface area contributed by atoms with E-state index in [1.54, 1.807) is 4.73 Å². The molecular formula is C33H67NO4SSi. The molecule has 0 aliphatic carbocycles. The molecule has 0 aromatic rings. The van der Waals surface area contributed by atoms with E-state index in [9.17, 15) is 10.0 Å². The van der Waals surface area contributed by atoms with Gasteiger partial charge in [0.05, 0.1) is 6.10 Å². The molecule has 1 rings (SSSR count). The molecule has 238 valence electrons. The van der Waals surface area contributed by atoms with E-state index >= 15 is 0 Å². The van der Waals surface area contributed by atoms with Crippen molar-refractivity contribution in [2.45, 2.75) is 180 Å². The number of rotatable bonds is 27. The molecule has 2 unspecified atom stereocenters. The van der Waals surface area contributed by atoms with Crippen molar-refractivity contribution in [1.82, 2.24) is 4.73 Å². The first-order valence-corrected chi connectivity index (χ1v) is 19.9. The minimum Gasteiger partial charge on any atom is -0.355 e. The van der Waals surface area contributed by atoms with Gasteiger partial charge in [-0.1, -0.05) is 135 Å². The highest BCUT2D eigenvalue weighted by molar-refractivity contribution is 8.13. The largest absolute Gasteiger partial charge is 0.355 e. The van der Waals surface area contributed by atoms with Crippen LogP contribution in [0.3, 0.4) is 0 Å². The van der Waals surface area contributed by atoms with Gasteiger partial charge in [0.25, 0.3) is 0 Å². The average molecular weight is 602 g/mol. The van der Waals surface area contributed by atoms with Crippen molar-refractivity contribution in [2.24, 2.45) is 0 Å². The van der Waals surface area contributed by atoms with E-state index in [0.717, 1.165) is 70.3 Å². The molecule has 0 saturated carbocycles. The quantitative estimate of drug-likeness (QED) is 0.0575. The first kappa shape index (κ1) is 38.1. The fourth-order valence-electron chi connectivity index (χ4n) is 5.67. The topological polar surface area (TPSA) is 59.0 Å². The van der Waals surface area contributed by atoms with Crippen LogP contribution in [0.1, 0.15) is 168 Å². The number of hydrogen-bond donors (Lipinski definition) is 1. The van der Waals surface area contributed by atoms with Crippen molar-refractivity contribution in [3.63, 3.8) is 0 Å². The number of hydrogen-bond acceptors (Lipinski definition) is 6. The summed E-state index contributed by atoms with van der Waals surface area (Å²) < 4.78 is 13.5. The number of thioether (sulfide) groups is 1. The van der Waals surface area contributed by atoms with Crippen LogP contribution in [0.5, 0.6) is 0 Å². The highest BCUT2D eigenvalue weighted by Gasteiger charge is 2.22. The van der Waals surface area contributed by atoms with E-state index < -0.39 is 9.68 Å². The number of unbranched alkanes of at least 4 members (excludes halogenated alkanes) is 16. The summed E-state index contributed by atoms with van der Waals surface area (Å²) in [7, 11) is -0.643. The van der Waals surface area contributed by atoms with Gasteiger partial charge in [-0.05, 0) is 44.1 Å². The third-order valence-corrected chi connectivity index (χ3v) is 11.4. The molecule has 1 aliphatic rings. The maximum atomic E-state index is 12.1. The van der Waals surface area contributed by atoms with Crippen LogP contribution in [-0.2, 0) is 14.3 Å². The second kappa shape index (κ2) is 29.2. The Morgan fingerprint density at radius 2 is 1.35 bits per heavy atom. The fourth-order valence-corrected chi connectivity index (χ4v) is 8.35. The summed E-state index contributed by atoms with van der Waals surface area (Å²) in [4.78, 5) is 12.1. The Hall–Kier alpha value is 0.0769. The summed E-state index contributed by atoms with van der Waals surface area (Å²) in [6.07, 6.45) is 30.0. The van der Waals surface area contributed by atoms with E-state index in [0.29, 0.717) is 17.4 Å². The molecular weight excluding hydrogens is 535 g/mol. The van der Waals surface area contributed by atoms with Gasteiger partial charge in [0.2, 0.25) is 0 Å². The Labute approximate surface area is 255 Å². The predicted molar refractivity (Wildman–Crippen MR) is 176 cm³/mol. The summed E-state index contributed by atoms with van der Waals surface area (Å²) in [5.74, 6) is 0.928. The molecule has 7 heteroatoms. The van der Waals surface area contributed by atoms with Gasteiger partial charge >= 0.3 is 0 Å². The molecule has 0 spiro atoms. The number of nitrogens with zero attached hydrogens (tertiary/aromatic N) is 1. The van der Waals surface area contributed by atoms with Gasteiger partial charge in [0.15, 0.2) is 5.12 Å². The van der Waals surface area contributed by atoms with E-state index in [2.05, 4.69) is 13.8 Å². The molecule has 40 heavy (non-hydrogen) atoms. The first-order valence-electron chi connectivity index (χ1n) is 17.4. The summed E-state index contributed by atoms with van der Waals surface area (Å²) in [6.45, 7) is 6.40. The van der Waals surface area contributed by atoms with Crippen molar-refractivity contribution in [3.8, 4) is 0 Å². The summed E-state index contributed by atoms with van der Waals surface area (Å²) in [6, 6.07) is 0. The third-order valence-electron chi connectivity index (χ3n) is 8.36. The molecule has 1 N–H and O–H groups in total. The predicted octanol–water partition coefficient (Wildman–Crippen LogP) is 9.58. The van der Waals surface area contributed by atoms with Gasteiger partial charge < -0.3 is 14.7 Å². The molecule has 1 heterocycles. The highest BCUT2D eigenvalue weighted by Crippen LogP contribution is 2.26. The van der Waals surface area contributed by atoms with E-state index in [1.807, 2.05) is 0 Å². The van der Waals surface area contributed by atoms with E-state index in [1.165, 1.54) is 114 Å². The van der Waals surface area contributed by atoms with Gasteiger partial charge in [0.1, 0.15) is 16.5 Å². The Morgan fingerprint density at radius 3 is 1.98 bits per heavy atom. The van der Waals surface area contributed by atoms with Crippen molar-refractivity contribution < 1.29 is 19.5 Å². The molecule has 1 saturated heterocycles. The Balaban J connectivity index is 1.97. The van der Waals surface area contributed by atoms with Crippen LogP contribution in [0.4, 0.5) is 0 Å². The Bertz CT molecular complexity index is 557. The monoisotopic (exact) mass is 601 g/mol. The van der Waals surface area contributed by atoms with Crippen LogP contribution >= 0.6 is 11.8 Å². The van der Waals surface area contributed by atoms with Crippen molar-refractivity contribution in [2.75, 3.05) is 25.7 Å². The molecule has 1 fully saturated rings. The minimum atomic E-state index is -0.643. The molecule has 2 atom stereocenters. The van der Waals surface area contributed by atoms with Crippen LogP contribution in [0.25, 0.3) is 0 Å². The fraction of sp³-hybridized carbons (Fsp3) is 0.970. The lowest BCUT2D eigenvalue weighted by Crippen LogP contribution is -2.34. The van der Waals surface area contributed by atoms with Crippen molar-refractivity contribution in [3.05, 3.63) is 0 Å². The zero-order chi connectivity index (χ0) is 28.9. The maximum absolute atomic E-state index is 12.1. The zero-order valence-corrected chi connectivity index (χ0v) is 28.9. The van der Waals surface area contributed by atoms with Crippen LogP contribution in [0.2, 0.25) is 5.54 Å². The number of hydroxylamine groups is 1. The minimum absolute atomic E-state index is 0.182. The lowest BCUT2D eigenvalue weighted by atomic mass is 10.0. The highest BCUT2D eigenvalue weighted by atomic mass is 32.2. The number of carbonyl (C=O) groups excluding carboxylic acids is 1. The standard InChI is InChI=1S/C33H67NO4SSi/c1-3-5-7-9-10-11-12-13-14-15-16-18-20-28-37-30-38-31-24-25-32(40-34(36)27-26-31)22-21-29-39-33(35)23-19-17-8-6-4-2/h31-32,36H,3-30,40H2,1-2H3. The second-order valence-corrected chi connectivity index (χ2v) is 15.6. The molecule has 5 nitrogen and oxygen atoms in total. The van der Waals surface area contributed by atoms with Crippen molar-refractivity contribution in [1.29, 1.82) is 0 Å². The van der Waals surface area contributed by atoms with Gasteiger partial charge in [-0.15, -0.1) is 0 Å². The number of ether oxygens (including phenoxy) is 2. The van der Waals surface area contributed by atoms with Gasteiger partial charge in [-0.2, -0.15) is 0 Å². The molecule has 0 amide bonds. The number of carbonyl (C=O) groups is 1. The molecule has 0 aromatic heterocycles. The van der Waals surface area contributed by atoms with Crippen LogP contribution in [-0.4, -0.2) is 56.5 Å². The van der Waals surface area contributed by atoms with Crippen LogP contribution in [0, 0.1) is 0 Å². The lowest BCUT2D eigenvalue weighted by Gasteiger charge is -2.29. The Morgan fingerprint density at radius 1 is 0.775 bits per heavy atom. The SMILES string of the molecule is CCCCCCCCCCCCCCCOCOC1CCC(CCCSC(=O)CCCCCCC)[SiH2]N(O)CC1. The smallest absolute Gasteiger partial charge is 0.188 e. The van der Waals surface area contributed by atoms with Crippen molar-refractivity contribution >= 4 is 26.6 Å². The Kier molecular flexibility index (Phi) is 27.8. The van der Waals surface area contributed by atoms with Crippen LogP contribution in [0.15, 0.2) is 0 Å². The van der Waals surface area contributed by atoms with Gasteiger partial charge in [-0.25, -0.2) is 4.73 Å². The summed E-state index contributed by atoms with van der Waals surface area (Å²) in [5, 5.41) is 10.7. The lowest BCUT2D eigenvalue weighted by molar-refractivity contribution is -0.111. The molecule has 0 aromatic carbocycles. The summed E-state index contributed by atoms with van der Waals surface area (Å²) in [5.41, 5.74) is 0.604. The van der Waals surface area contributed by atoms with Gasteiger partial charge in [0, 0.05) is 25.3 Å². The average Bonchev–Trinajstić information content (AvgIpc) is 2.94. The van der Waals surface area contributed by atoms with Gasteiger partial charge in [-0.3, -0.25) is 4.79 Å².